The largest absolute Gasteiger partial charge is 0.305 e. The van der Waals surface area contributed by atoms with E-state index in [1.807, 2.05) is 11.9 Å². The summed E-state index contributed by atoms with van der Waals surface area (Å²) in [7, 11) is 0. The number of halogens is 2. The van der Waals surface area contributed by atoms with Crippen molar-refractivity contribution < 1.29 is 0 Å². The molecule has 0 fully saturated rings. The second-order valence-electron chi connectivity index (χ2n) is 1.88. The Morgan fingerprint density at radius 3 is 2.70 bits per heavy atom. The number of hydrogen-bond donors (Lipinski definition) is 1. The van der Waals surface area contributed by atoms with Gasteiger partial charge in [-0.05, 0) is 6.92 Å². The maximum absolute atomic E-state index is 5.72. The minimum Gasteiger partial charge on any atom is -0.305 e. The van der Waals surface area contributed by atoms with Crippen LogP contribution < -0.4 is 5.43 Å². The average Bonchev–Trinajstić information content (AvgIpc) is 1.95. The molecule has 10 heavy (non-hydrogen) atoms. The van der Waals surface area contributed by atoms with Gasteiger partial charge in [-0.15, -0.1) is 0 Å². The normalized spacial score (nSPS) is 17.7. The zero-order chi connectivity index (χ0) is 7.56. The molecule has 0 saturated heterocycles. The van der Waals surface area contributed by atoms with E-state index in [0.717, 1.165) is 6.54 Å². The molecule has 0 atom stereocenters. The van der Waals surface area contributed by atoms with Gasteiger partial charge in [0.25, 0.3) is 0 Å². The van der Waals surface area contributed by atoms with Gasteiger partial charge in [0.2, 0.25) is 0 Å². The topological polar surface area (TPSA) is 15.3 Å². The monoisotopic (exact) mass is 178 g/mol. The molecule has 0 aromatic rings. The van der Waals surface area contributed by atoms with Crippen molar-refractivity contribution in [1.82, 2.24) is 10.4 Å². The second kappa shape index (κ2) is 3.17. The lowest BCUT2D eigenvalue weighted by Crippen LogP contribution is -2.31. The summed E-state index contributed by atoms with van der Waals surface area (Å²) in [5.74, 6) is 0. The Kier molecular flexibility index (Phi) is 2.46. The van der Waals surface area contributed by atoms with Crippen LogP contribution in [0.1, 0.15) is 6.92 Å². The summed E-state index contributed by atoms with van der Waals surface area (Å²) in [6.07, 6.45) is 3.41. The summed E-state index contributed by atoms with van der Waals surface area (Å²) in [4.78, 5) is 0. The molecule has 0 aliphatic carbocycles. The van der Waals surface area contributed by atoms with Crippen LogP contribution in [0.2, 0.25) is 0 Å². The summed E-state index contributed by atoms with van der Waals surface area (Å²) in [6.45, 7) is 2.87. The summed E-state index contributed by atoms with van der Waals surface area (Å²) in [6, 6.07) is 0. The molecule has 4 heteroatoms. The first kappa shape index (κ1) is 7.76. The zero-order valence-corrected chi connectivity index (χ0v) is 7.08. The molecule has 56 valence electrons. The number of nitrogens with zero attached hydrogens (tertiary/aromatic N) is 1. The standard InChI is InChI=1S/C6H8Cl2N2/c1-2-10-4-6(8)5(7)3-9-10/h3-4,9H,2H2,1H3. The third-order valence-electron chi connectivity index (χ3n) is 1.20. The Morgan fingerprint density at radius 1 is 1.50 bits per heavy atom. The van der Waals surface area contributed by atoms with E-state index in [0.29, 0.717) is 10.1 Å². The lowest BCUT2D eigenvalue weighted by atomic mass is 10.5. The first-order valence-electron chi connectivity index (χ1n) is 3.00. The molecule has 1 aliphatic heterocycles. The SMILES string of the molecule is CCN1C=C(Cl)C(Cl)=CN1. The van der Waals surface area contributed by atoms with Gasteiger partial charge in [0.05, 0.1) is 10.1 Å². The average molecular weight is 179 g/mol. The first-order valence-corrected chi connectivity index (χ1v) is 3.76. The van der Waals surface area contributed by atoms with Crippen LogP contribution in [0.3, 0.4) is 0 Å². The van der Waals surface area contributed by atoms with E-state index < -0.39 is 0 Å². The molecule has 0 unspecified atom stereocenters. The van der Waals surface area contributed by atoms with E-state index in [2.05, 4.69) is 5.43 Å². The fourth-order valence-electron chi connectivity index (χ4n) is 0.627. The van der Waals surface area contributed by atoms with Crippen molar-refractivity contribution in [3.05, 3.63) is 22.5 Å². The maximum Gasteiger partial charge on any atom is 0.0785 e. The van der Waals surface area contributed by atoms with Crippen LogP contribution >= 0.6 is 23.2 Å². The van der Waals surface area contributed by atoms with Crippen LogP contribution in [-0.4, -0.2) is 11.6 Å². The van der Waals surface area contributed by atoms with Crippen molar-refractivity contribution in [2.45, 2.75) is 6.92 Å². The summed E-state index contributed by atoms with van der Waals surface area (Å²) in [5.41, 5.74) is 2.93. The lowest BCUT2D eigenvalue weighted by Gasteiger charge is -2.22. The Balaban J connectivity index is 2.66. The van der Waals surface area contributed by atoms with Gasteiger partial charge in [0, 0.05) is 18.9 Å². The highest BCUT2D eigenvalue weighted by atomic mass is 35.5. The first-order chi connectivity index (χ1) is 4.74. The molecular weight excluding hydrogens is 171 g/mol. The third kappa shape index (κ3) is 1.58. The molecule has 1 heterocycles. The molecule has 0 amide bonds. The van der Waals surface area contributed by atoms with Crippen LogP contribution in [0.15, 0.2) is 22.5 Å². The molecule has 1 N–H and O–H groups in total. The molecule has 0 aromatic heterocycles. The van der Waals surface area contributed by atoms with Crippen molar-refractivity contribution in [1.29, 1.82) is 0 Å². The van der Waals surface area contributed by atoms with Gasteiger partial charge >= 0.3 is 0 Å². The van der Waals surface area contributed by atoms with Crippen LogP contribution in [0.5, 0.6) is 0 Å². The number of nitrogens with one attached hydrogen (secondary N) is 1. The predicted molar refractivity (Wildman–Crippen MR) is 43.4 cm³/mol. The fraction of sp³-hybridized carbons (Fsp3) is 0.333. The Morgan fingerprint density at radius 2 is 2.20 bits per heavy atom. The third-order valence-corrected chi connectivity index (χ3v) is 1.91. The number of rotatable bonds is 1. The fourth-order valence-corrected chi connectivity index (χ4v) is 0.897. The lowest BCUT2D eigenvalue weighted by molar-refractivity contribution is 0.328. The van der Waals surface area contributed by atoms with E-state index in [1.54, 1.807) is 12.4 Å². The van der Waals surface area contributed by atoms with Crippen LogP contribution in [-0.2, 0) is 0 Å². The molecule has 0 radical (unpaired) electrons. The van der Waals surface area contributed by atoms with Gasteiger partial charge in [-0.1, -0.05) is 23.2 Å². The number of hydrazine groups is 1. The number of hydrogen-bond acceptors (Lipinski definition) is 2. The highest BCUT2D eigenvalue weighted by Crippen LogP contribution is 2.20. The highest BCUT2D eigenvalue weighted by molar-refractivity contribution is 6.43. The molecule has 1 rings (SSSR count). The highest BCUT2D eigenvalue weighted by Gasteiger charge is 2.06. The van der Waals surface area contributed by atoms with Gasteiger partial charge < -0.3 is 5.43 Å². The van der Waals surface area contributed by atoms with E-state index in [1.165, 1.54) is 0 Å². The second-order valence-corrected chi connectivity index (χ2v) is 2.70. The van der Waals surface area contributed by atoms with Crippen LogP contribution in [0.25, 0.3) is 0 Å². The van der Waals surface area contributed by atoms with E-state index >= 15 is 0 Å². The number of allylic oxidation sites excluding steroid dienone is 2. The Hall–Kier alpha value is -0.340. The Bertz CT molecular complexity index is 186. The van der Waals surface area contributed by atoms with Crippen LogP contribution in [0.4, 0.5) is 0 Å². The van der Waals surface area contributed by atoms with Crippen molar-refractivity contribution in [3.8, 4) is 0 Å². The van der Waals surface area contributed by atoms with Gasteiger partial charge in [-0.25, -0.2) is 0 Å². The minimum absolute atomic E-state index is 0.548. The van der Waals surface area contributed by atoms with Gasteiger partial charge in [-0.2, -0.15) is 0 Å². The summed E-state index contributed by atoms with van der Waals surface area (Å²) < 4.78 is 0. The molecule has 0 spiro atoms. The van der Waals surface area contributed by atoms with E-state index in [-0.39, 0.29) is 0 Å². The minimum atomic E-state index is 0.548. The zero-order valence-electron chi connectivity index (χ0n) is 5.56. The summed E-state index contributed by atoms with van der Waals surface area (Å²) >= 11 is 11.4. The molecular formula is C6H8Cl2N2. The Labute approximate surface area is 70.1 Å². The quantitative estimate of drug-likeness (QED) is 0.662. The van der Waals surface area contributed by atoms with Gasteiger partial charge in [0.1, 0.15) is 0 Å². The predicted octanol–water partition coefficient (Wildman–Crippen LogP) is 1.99. The molecule has 0 saturated carbocycles. The van der Waals surface area contributed by atoms with Crippen molar-refractivity contribution in [2.24, 2.45) is 0 Å². The van der Waals surface area contributed by atoms with Crippen LogP contribution in [0, 0.1) is 0 Å². The van der Waals surface area contributed by atoms with E-state index in [9.17, 15) is 0 Å². The van der Waals surface area contributed by atoms with Gasteiger partial charge in [-0.3, -0.25) is 5.01 Å². The molecule has 0 aromatic carbocycles. The van der Waals surface area contributed by atoms with Gasteiger partial charge in [0.15, 0.2) is 0 Å². The summed E-state index contributed by atoms with van der Waals surface area (Å²) in [5, 5.41) is 2.96. The molecule has 2 nitrogen and oxygen atoms in total. The molecule has 1 aliphatic rings. The van der Waals surface area contributed by atoms with Crippen molar-refractivity contribution >= 4 is 23.2 Å². The van der Waals surface area contributed by atoms with E-state index in [4.69, 9.17) is 23.2 Å². The van der Waals surface area contributed by atoms with Crippen molar-refractivity contribution in [3.63, 3.8) is 0 Å². The maximum atomic E-state index is 5.72. The van der Waals surface area contributed by atoms with Crippen molar-refractivity contribution in [2.75, 3.05) is 6.54 Å². The smallest absolute Gasteiger partial charge is 0.0785 e. The molecule has 0 bridgehead atoms.